The minimum absolute atomic E-state index is 0.413. The van der Waals surface area contributed by atoms with Gasteiger partial charge in [-0.3, -0.25) is 0 Å². The molecule has 0 bridgehead atoms. The lowest BCUT2D eigenvalue weighted by Gasteiger charge is -2.07. The second kappa shape index (κ2) is 4.23. The van der Waals surface area contributed by atoms with Gasteiger partial charge in [0.15, 0.2) is 0 Å². The summed E-state index contributed by atoms with van der Waals surface area (Å²) in [7, 11) is 0. The third-order valence-corrected chi connectivity index (χ3v) is 3.18. The van der Waals surface area contributed by atoms with Crippen molar-refractivity contribution in [2.45, 2.75) is 13.5 Å². The average molecular weight is 238 g/mol. The Morgan fingerprint density at radius 3 is 2.67 bits per heavy atom. The van der Waals surface area contributed by atoms with Crippen LogP contribution in [0.3, 0.4) is 0 Å². The minimum Gasteiger partial charge on any atom is -0.325 e. The summed E-state index contributed by atoms with van der Waals surface area (Å²) in [5, 5.41) is 10.7. The molecule has 3 aromatic rings. The number of aromatic nitrogens is 3. The Labute approximate surface area is 105 Å². The molecule has 0 atom stereocenters. The van der Waals surface area contributed by atoms with Crippen LogP contribution in [0.1, 0.15) is 11.4 Å². The normalized spacial score (nSPS) is 11.0. The van der Waals surface area contributed by atoms with Gasteiger partial charge in [0.05, 0.1) is 17.1 Å². The Hall–Kier alpha value is -2.20. The zero-order chi connectivity index (χ0) is 12.5. The lowest BCUT2D eigenvalue weighted by atomic mass is 10.1. The number of hydrogen-bond acceptors (Lipinski definition) is 3. The van der Waals surface area contributed by atoms with Crippen molar-refractivity contribution in [1.29, 1.82) is 0 Å². The first-order valence-corrected chi connectivity index (χ1v) is 5.90. The van der Waals surface area contributed by atoms with Gasteiger partial charge in [0.25, 0.3) is 0 Å². The predicted molar refractivity (Wildman–Crippen MR) is 71.5 cm³/mol. The largest absolute Gasteiger partial charge is 0.325 e. The fraction of sp³-hybridized carbons (Fsp3) is 0.143. The van der Waals surface area contributed by atoms with Gasteiger partial charge in [0.2, 0.25) is 0 Å². The third-order valence-electron chi connectivity index (χ3n) is 3.18. The number of nitrogens with zero attached hydrogens (tertiary/aromatic N) is 3. The van der Waals surface area contributed by atoms with Crippen molar-refractivity contribution in [2.24, 2.45) is 5.73 Å². The van der Waals surface area contributed by atoms with Crippen LogP contribution < -0.4 is 5.73 Å². The van der Waals surface area contributed by atoms with Crippen LogP contribution in [-0.4, -0.2) is 15.0 Å². The van der Waals surface area contributed by atoms with Gasteiger partial charge < -0.3 is 5.73 Å². The maximum absolute atomic E-state index is 5.64. The highest BCUT2D eigenvalue weighted by Gasteiger charge is 2.10. The molecule has 2 N–H and O–H groups in total. The quantitative estimate of drug-likeness (QED) is 0.744. The molecule has 4 heteroatoms. The molecule has 0 spiro atoms. The summed E-state index contributed by atoms with van der Waals surface area (Å²) in [6.45, 7) is 2.40. The molecule has 1 heterocycles. The van der Waals surface area contributed by atoms with Crippen LogP contribution in [0.4, 0.5) is 0 Å². The van der Waals surface area contributed by atoms with E-state index < -0.39 is 0 Å². The fourth-order valence-corrected chi connectivity index (χ4v) is 2.17. The smallest absolute Gasteiger partial charge is 0.0996 e. The first-order chi connectivity index (χ1) is 8.81. The van der Waals surface area contributed by atoms with Crippen LogP contribution in [0.5, 0.6) is 0 Å². The Kier molecular flexibility index (Phi) is 2.57. The maximum atomic E-state index is 5.64. The van der Waals surface area contributed by atoms with Gasteiger partial charge in [0, 0.05) is 11.9 Å². The van der Waals surface area contributed by atoms with E-state index in [9.17, 15) is 0 Å². The Balaban J connectivity index is 2.28. The van der Waals surface area contributed by atoms with Crippen molar-refractivity contribution in [3.63, 3.8) is 0 Å². The molecule has 0 amide bonds. The number of rotatable bonds is 2. The van der Waals surface area contributed by atoms with E-state index in [1.807, 2.05) is 35.9 Å². The lowest BCUT2D eigenvalue weighted by molar-refractivity contribution is 0.787. The highest BCUT2D eigenvalue weighted by atomic mass is 15.4. The van der Waals surface area contributed by atoms with Crippen LogP contribution in [0.15, 0.2) is 42.5 Å². The fourth-order valence-electron chi connectivity index (χ4n) is 2.17. The number of nitrogens with two attached hydrogens (primary N) is 1. The molecule has 2 aromatic carbocycles. The highest BCUT2D eigenvalue weighted by molar-refractivity contribution is 5.90. The molecule has 0 fully saturated rings. The van der Waals surface area contributed by atoms with Gasteiger partial charge >= 0.3 is 0 Å². The molecule has 0 saturated heterocycles. The summed E-state index contributed by atoms with van der Waals surface area (Å²) in [5.41, 5.74) is 8.51. The van der Waals surface area contributed by atoms with E-state index in [1.165, 1.54) is 5.39 Å². The van der Waals surface area contributed by atoms with E-state index in [0.29, 0.717) is 6.54 Å². The van der Waals surface area contributed by atoms with Gasteiger partial charge in [-0.05, 0) is 18.4 Å². The van der Waals surface area contributed by atoms with Crippen molar-refractivity contribution < 1.29 is 0 Å². The lowest BCUT2D eigenvalue weighted by Crippen LogP contribution is -2.02. The molecule has 90 valence electrons. The van der Waals surface area contributed by atoms with E-state index in [1.54, 1.807) is 0 Å². The van der Waals surface area contributed by atoms with Gasteiger partial charge in [-0.1, -0.05) is 41.6 Å². The summed E-state index contributed by atoms with van der Waals surface area (Å²) in [6.07, 6.45) is 0. The van der Waals surface area contributed by atoms with Crippen molar-refractivity contribution in [3.05, 3.63) is 53.9 Å². The van der Waals surface area contributed by atoms with Crippen LogP contribution in [0, 0.1) is 6.92 Å². The van der Waals surface area contributed by atoms with Gasteiger partial charge in [-0.25, -0.2) is 4.68 Å². The van der Waals surface area contributed by atoms with E-state index in [0.717, 1.165) is 22.5 Å². The number of fused-ring (bicyclic) bond motifs is 1. The first kappa shape index (κ1) is 10.9. The van der Waals surface area contributed by atoms with Gasteiger partial charge in [-0.15, -0.1) is 5.10 Å². The van der Waals surface area contributed by atoms with E-state index >= 15 is 0 Å². The van der Waals surface area contributed by atoms with Crippen LogP contribution >= 0.6 is 0 Å². The second-order valence-electron chi connectivity index (χ2n) is 4.24. The van der Waals surface area contributed by atoms with Gasteiger partial charge in [-0.2, -0.15) is 0 Å². The number of benzene rings is 2. The third kappa shape index (κ3) is 1.58. The molecule has 0 saturated carbocycles. The van der Waals surface area contributed by atoms with Crippen molar-refractivity contribution in [3.8, 4) is 5.69 Å². The Morgan fingerprint density at radius 2 is 1.89 bits per heavy atom. The average Bonchev–Trinajstić information content (AvgIpc) is 2.79. The van der Waals surface area contributed by atoms with E-state index in [4.69, 9.17) is 5.73 Å². The van der Waals surface area contributed by atoms with Gasteiger partial charge in [0.1, 0.15) is 0 Å². The molecular weight excluding hydrogens is 224 g/mol. The standard InChI is InChI=1S/C14H14N4/c1-10-13(9-15)16-17-18(10)14-8-4-6-11-5-2-3-7-12(11)14/h2-8H,9,15H2,1H3. The van der Waals surface area contributed by atoms with Crippen LogP contribution in [0.2, 0.25) is 0 Å². The van der Waals surface area contributed by atoms with Crippen LogP contribution in [0.25, 0.3) is 16.5 Å². The summed E-state index contributed by atoms with van der Waals surface area (Å²) in [5.74, 6) is 0. The maximum Gasteiger partial charge on any atom is 0.0996 e. The zero-order valence-electron chi connectivity index (χ0n) is 10.2. The van der Waals surface area contributed by atoms with Crippen LogP contribution in [-0.2, 0) is 6.54 Å². The van der Waals surface area contributed by atoms with Crippen molar-refractivity contribution in [2.75, 3.05) is 0 Å². The molecule has 0 aliphatic heterocycles. The molecule has 0 radical (unpaired) electrons. The highest BCUT2D eigenvalue weighted by Crippen LogP contribution is 2.22. The monoisotopic (exact) mass is 238 g/mol. The van der Waals surface area contributed by atoms with E-state index in [2.05, 4.69) is 28.5 Å². The first-order valence-electron chi connectivity index (χ1n) is 5.90. The SMILES string of the molecule is Cc1c(CN)nnn1-c1cccc2ccccc12. The molecule has 0 aliphatic rings. The molecule has 18 heavy (non-hydrogen) atoms. The summed E-state index contributed by atoms with van der Waals surface area (Å²) >= 11 is 0. The summed E-state index contributed by atoms with van der Waals surface area (Å²) in [4.78, 5) is 0. The molecular formula is C14H14N4. The molecule has 0 unspecified atom stereocenters. The zero-order valence-corrected chi connectivity index (χ0v) is 10.2. The second-order valence-corrected chi connectivity index (χ2v) is 4.24. The van der Waals surface area contributed by atoms with Crippen molar-refractivity contribution >= 4 is 10.8 Å². The summed E-state index contributed by atoms with van der Waals surface area (Å²) in [6, 6.07) is 14.4. The minimum atomic E-state index is 0.413. The Morgan fingerprint density at radius 1 is 1.11 bits per heavy atom. The molecule has 1 aromatic heterocycles. The topological polar surface area (TPSA) is 56.7 Å². The van der Waals surface area contributed by atoms with Crippen molar-refractivity contribution in [1.82, 2.24) is 15.0 Å². The Bertz CT molecular complexity index is 695. The summed E-state index contributed by atoms with van der Waals surface area (Å²) < 4.78 is 1.85. The predicted octanol–water partition coefficient (Wildman–Crippen LogP) is 2.19. The molecule has 3 rings (SSSR count). The number of hydrogen-bond donors (Lipinski definition) is 1. The van der Waals surface area contributed by atoms with E-state index in [-0.39, 0.29) is 0 Å². The molecule has 0 aliphatic carbocycles. The molecule has 4 nitrogen and oxygen atoms in total.